The van der Waals surface area contributed by atoms with Gasteiger partial charge in [0.2, 0.25) is 5.91 Å². The number of rotatable bonds is 7. The topological polar surface area (TPSA) is 50.8 Å². The van der Waals surface area contributed by atoms with Gasteiger partial charge >= 0.3 is 0 Å². The van der Waals surface area contributed by atoms with Gasteiger partial charge in [0.25, 0.3) is 0 Å². The number of ether oxygens (including phenoxy) is 2. The molecule has 0 unspecified atom stereocenters. The van der Waals surface area contributed by atoms with Crippen molar-refractivity contribution in [2.75, 3.05) is 39.7 Å². The van der Waals surface area contributed by atoms with Crippen molar-refractivity contribution in [3.63, 3.8) is 0 Å². The molecule has 0 spiro atoms. The van der Waals surface area contributed by atoms with E-state index in [0.29, 0.717) is 12.5 Å². The molecular formula is C20H32N2O3. The molecule has 5 heteroatoms. The first-order chi connectivity index (χ1) is 11.9. The summed E-state index contributed by atoms with van der Waals surface area (Å²) >= 11 is 0. The van der Waals surface area contributed by atoms with Gasteiger partial charge in [-0.15, -0.1) is 0 Å². The van der Waals surface area contributed by atoms with Crippen molar-refractivity contribution >= 4 is 11.6 Å². The third-order valence-electron chi connectivity index (χ3n) is 4.89. The standard InChI is InChI=1S/C20H32N2O3/c1-14-6-8-16(9-7-14)19-17(21-15(2)23)10-11-18(20(19)24-5)25-13-12-22(3)4/h10-11,14,16H,6-9,12-13H2,1-5H3,(H,21,23). The number of carbonyl (C=O) groups is 1. The average Bonchev–Trinajstić information content (AvgIpc) is 2.55. The van der Waals surface area contributed by atoms with Crippen LogP contribution in [0.2, 0.25) is 0 Å². The Bertz CT molecular complexity index is 579. The monoisotopic (exact) mass is 348 g/mol. The van der Waals surface area contributed by atoms with Gasteiger partial charge in [-0.25, -0.2) is 0 Å². The van der Waals surface area contributed by atoms with Crippen molar-refractivity contribution < 1.29 is 14.3 Å². The Morgan fingerprint density at radius 2 is 1.92 bits per heavy atom. The van der Waals surface area contributed by atoms with E-state index in [1.807, 2.05) is 26.2 Å². The predicted octanol–water partition coefficient (Wildman–Crippen LogP) is 3.89. The predicted molar refractivity (Wildman–Crippen MR) is 102 cm³/mol. The molecule has 5 nitrogen and oxygen atoms in total. The fourth-order valence-electron chi connectivity index (χ4n) is 3.49. The van der Waals surface area contributed by atoms with Crippen molar-refractivity contribution in [2.45, 2.75) is 45.4 Å². The minimum Gasteiger partial charge on any atom is -0.492 e. The molecule has 0 aromatic heterocycles. The number of nitrogens with zero attached hydrogens (tertiary/aromatic N) is 1. The van der Waals surface area contributed by atoms with Gasteiger partial charge < -0.3 is 19.7 Å². The lowest BCUT2D eigenvalue weighted by Gasteiger charge is -2.30. The summed E-state index contributed by atoms with van der Waals surface area (Å²) in [4.78, 5) is 13.7. The van der Waals surface area contributed by atoms with Crippen LogP contribution in [-0.4, -0.2) is 45.2 Å². The Morgan fingerprint density at radius 3 is 2.48 bits per heavy atom. The first-order valence-electron chi connectivity index (χ1n) is 9.18. The zero-order chi connectivity index (χ0) is 18.4. The number of methoxy groups -OCH3 is 1. The second-order valence-corrected chi connectivity index (χ2v) is 7.35. The van der Waals surface area contributed by atoms with E-state index in [1.165, 1.54) is 12.8 Å². The summed E-state index contributed by atoms with van der Waals surface area (Å²) in [6, 6.07) is 3.84. The van der Waals surface area contributed by atoms with Crippen molar-refractivity contribution in [3.05, 3.63) is 17.7 Å². The third-order valence-corrected chi connectivity index (χ3v) is 4.89. The van der Waals surface area contributed by atoms with Crippen LogP contribution in [0.25, 0.3) is 0 Å². The molecule has 140 valence electrons. The van der Waals surface area contributed by atoms with Crippen LogP contribution in [0.5, 0.6) is 11.5 Å². The largest absolute Gasteiger partial charge is 0.492 e. The summed E-state index contributed by atoms with van der Waals surface area (Å²) < 4.78 is 11.7. The molecule has 1 N–H and O–H groups in total. The summed E-state index contributed by atoms with van der Waals surface area (Å²) in [6.45, 7) is 5.29. The smallest absolute Gasteiger partial charge is 0.221 e. The number of anilines is 1. The lowest BCUT2D eigenvalue weighted by Crippen LogP contribution is -2.20. The minimum absolute atomic E-state index is 0.0613. The molecule has 1 fully saturated rings. The average molecular weight is 348 g/mol. The number of hydrogen-bond donors (Lipinski definition) is 1. The number of benzene rings is 1. The highest BCUT2D eigenvalue weighted by molar-refractivity contribution is 5.90. The molecule has 1 aromatic carbocycles. The molecule has 1 aliphatic rings. The fraction of sp³-hybridized carbons (Fsp3) is 0.650. The van der Waals surface area contributed by atoms with Crippen LogP contribution in [0, 0.1) is 5.92 Å². The Balaban J connectivity index is 2.33. The summed E-state index contributed by atoms with van der Waals surface area (Å²) in [7, 11) is 5.73. The van der Waals surface area contributed by atoms with Crippen LogP contribution < -0.4 is 14.8 Å². The van der Waals surface area contributed by atoms with Gasteiger partial charge in [-0.2, -0.15) is 0 Å². The second kappa shape index (κ2) is 9.09. The van der Waals surface area contributed by atoms with E-state index >= 15 is 0 Å². The van der Waals surface area contributed by atoms with E-state index in [1.54, 1.807) is 14.0 Å². The Hall–Kier alpha value is -1.75. The Morgan fingerprint density at radius 1 is 1.24 bits per heavy atom. The van der Waals surface area contributed by atoms with Gasteiger partial charge in [0.05, 0.1) is 7.11 Å². The lowest BCUT2D eigenvalue weighted by molar-refractivity contribution is -0.114. The SMILES string of the molecule is COc1c(OCCN(C)C)ccc(NC(C)=O)c1C1CCC(C)CC1. The Labute approximate surface area is 151 Å². The highest BCUT2D eigenvalue weighted by Crippen LogP contribution is 2.46. The molecule has 0 heterocycles. The molecule has 1 amide bonds. The maximum absolute atomic E-state index is 11.6. The van der Waals surface area contributed by atoms with Crippen LogP contribution in [0.15, 0.2) is 12.1 Å². The maximum Gasteiger partial charge on any atom is 0.221 e. The number of carbonyl (C=O) groups excluding carboxylic acids is 1. The van der Waals surface area contributed by atoms with Crippen LogP contribution in [0.3, 0.4) is 0 Å². The molecule has 0 saturated heterocycles. The normalized spacial score (nSPS) is 20.4. The summed E-state index contributed by atoms with van der Waals surface area (Å²) in [5.74, 6) is 2.63. The van der Waals surface area contributed by atoms with Gasteiger partial charge in [0.15, 0.2) is 11.5 Å². The summed E-state index contributed by atoms with van der Waals surface area (Å²) in [5.41, 5.74) is 1.94. The van der Waals surface area contributed by atoms with E-state index < -0.39 is 0 Å². The fourth-order valence-corrected chi connectivity index (χ4v) is 3.49. The van der Waals surface area contributed by atoms with E-state index in [2.05, 4.69) is 17.1 Å². The first kappa shape index (κ1) is 19.6. The highest BCUT2D eigenvalue weighted by atomic mass is 16.5. The van der Waals surface area contributed by atoms with E-state index in [9.17, 15) is 4.79 Å². The van der Waals surface area contributed by atoms with E-state index in [4.69, 9.17) is 9.47 Å². The first-order valence-corrected chi connectivity index (χ1v) is 9.18. The van der Waals surface area contributed by atoms with Crippen molar-refractivity contribution in [3.8, 4) is 11.5 Å². The molecular weight excluding hydrogens is 316 g/mol. The van der Waals surface area contributed by atoms with Crippen LogP contribution >= 0.6 is 0 Å². The van der Waals surface area contributed by atoms with E-state index in [0.717, 1.165) is 48.1 Å². The molecule has 0 aliphatic heterocycles. The van der Waals surface area contributed by atoms with Crippen molar-refractivity contribution in [2.24, 2.45) is 5.92 Å². The van der Waals surface area contributed by atoms with Gasteiger partial charge in [-0.05, 0) is 50.9 Å². The maximum atomic E-state index is 11.6. The minimum atomic E-state index is -0.0613. The zero-order valence-electron chi connectivity index (χ0n) is 16.2. The van der Waals surface area contributed by atoms with Gasteiger partial charge in [-0.3, -0.25) is 4.79 Å². The Kier molecular flexibility index (Phi) is 7.12. The van der Waals surface area contributed by atoms with Crippen LogP contribution in [-0.2, 0) is 4.79 Å². The molecule has 0 bridgehead atoms. The quantitative estimate of drug-likeness (QED) is 0.812. The zero-order valence-corrected chi connectivity index (χ0v) is 16.2. The lowest BCUT2D eigenvalue weighted by atomic mass is 9.78. The van der Waals surface area contributed by atoms with Crippen molar-refractivity contribution in [1.82, 2.24) is 4.90 Å². The molecule has 1 saturated carbocycles. The van der Waals surface area contributed by atoms with Crippen LogP contribution in [0.1, 0.15) is 51.0 Å². The highest BCUT2D eigenvalue weighted by Gasteiger charge is 2.27. The molecule has 2 rings (SSSR count). The van der Waals surface area contributed by atoms with Crippen LogP contribution in [0.4, 0.5) is 5.69 Å². The number of amides is 1. The summed E-state index contributed by atoms with van der Waals surface area (Å²) in [5, 5.41) is 2.98. The van der Waals surface area contributed by atoms with Gasteiger partial charge in [-0.1, -0.05) is 19.8 Å². The third kappa shape index (κ3) is 5.36. The molecule has 25 heavy (non-hydrogen) atoms. The molecule has 1 aliphatic carbocycles. The molecule has 0 atom stereocenters. The van der Waals surface area contributed by atoms with E-state index in [-0.39, 0.29) is 5.91 Å². The number of hydrogen-bond acceptors (Lipinski definition) is 4. The summed E-state index contributed by atoms with van der Waals surface area (Å²) in [6.07, 6.45) is 4.65. The molecule has 1 aromatic rings. The van der Waals surface area contributed by atoms with Crippen molar-refractivity contribution in [1.29, 1.82) is 0 Å². The van der Waals surface area contributed by atoms with Gasteiger partial charge in [0, 0.05) is 24.7 Å². The van der Waals surface area contributed by atoms with Gasteiger partial charge in [0.1, 0.15) is 6.61 Å². The number of nitrogens with one attached hydrogen (secondary N) is 1. The number of likely N-dealkylation sites (N-methyl/N-ethyl adjacent to an activating group) is 1. The molecule has 0 radical (unpaired) electrons. The second-order valence-electron chi connectivity index (χ2n) is 7.35.